The number of carbonyl (C=O) groups excluding carboxylic acids is 1. The van der Waals surface area contributed by atoms with Crippen LogP contribution in [-0.4, -0.2) is 30.4 Å². The van der Waals surface area contributed by atoms with Crippen molar-refractivity contribution in [1.82, 2.24) is 4.90 Å². The Morgan fingerprint density at radius 3 is 2.70 bits per heavy atom. The molecule has 0 heterocycles. The van der Waals surface area contributed by atoms with Crippen molar-refractivity contribution in [3.8, 4) is 0 Å². The summed E-state index contributed by atoms with van der Waals surface area (Å²) >= 11 is 0. The lowest BCUT2D eigenvalue weighted by molar-refractivity contribution is -0.130. The lowest BCUT2D eigenvalue weighted by Crippen LogP contribution is -2.39. The van der Waals surface area contributed by atoms with Gasteiger partial charge in [-0.15, -0.1) is 6.58 Å². The van der Waals surface area contributed by atoms with E-state index >= 15 is 0 Å². The summed E-state index contributed by atoms with van der Waals surface area (Å²) in [5, 5.41) is 0. The van der Waals surface area contributed by atoms with E-state index in [1.54, 1.807) is 20.0 Å². The summed E-state index contributed by atoms with van der Waals surface area (Å²) in [5.41, 5.74) is 5.34. The van der Waals surface area contributed by atoms with Gasteiger partial charge in [-0.2, -0.15) is 0 Å². The molecule has 0 aromatic carbocycles. The number of hydrogen-bond acceptors (Lipinski definition) is 2. The summed E-state index contributed by atoms with van der Waals surface area (Å²) < 4.78 is 0. The van der Waals surface area contributed by atoms with Crippen LogP contribution in [0, 0.1) is 0 Å². The van der Waals surface area contributed by atoms with E-state index < -0.39 is 6.04 Å². The van der Waals surface area contributed by atoms with Gasteiger partial charge < -0.3 is 10.6 Å². The number of likely N-dealkylation sites (N-methyl/N-ethyl adjacent to an activating group) is 1. The van der Waals surface area contributed by atoms with Gasteiger partial charge in [-0.3, -0.25) is 4.79 Å². The number of carbonyl (C=O) groups is 1. The summed E-state index contributed by atoms with van der Waals surface area (Å²) in [6.45, 7) is 5.73. The van der Waals surface area contributed by atoms with Crippen molar-refractivity contribution < 1.29 is 4.79 Å². The Labute approximate surface area is 61.5 Å². The predicted molar refractivity (Wildman–Crippen MR) is 41.5 cm³/mol. The van der Waals surface area contributed by atoms with E-state index in [9.17, 15) is 4.79 Å². The lowest BCUT2D eigenvalue weighted by atomic mass is 10.3. The zero-order chi connectivity index (χ0) is 8.15. The van der Waals surface area contributed by atoms with Gasteiger partial charge in [-0.05, 0) is 6.92 Å². The Kier molecular flexibility index (Phi) is 3.72. The molecule has 0 unspecified atom stereocenters. The summed E-state index contributed by atoms with van der Waals surface area (Å²) in [5.74, 6) is -0.0556. The molecule has 1 amide bonds. The molecule has 3 nitrogen and oxygen atoms in total. The van der Waals surface area contributed by atoms with E-state index in [4.69, 9.17) is 5.73 Å². The average Bonchev–Trinajstić information content (AvgIpc) is 1.87. The first-order chi connectivity index (χ1) is 4.59. The van der Waals surface area contributed by atoms with Crippen LogP contribution in [0.3, 0.4) is 0 Å². The van der Waals surface area contributed by atoms with Crippen molar-refractivity contribution in [3.05, 3.63) is 12.7 Å². The predicted octanol–water partition coefficient (Wildman–Crippen LogP) is -0.0220. The third-order valence-electron chi connectivity index (χ3n) is 1.17. The fourth-order valence-electron chi connectivity index (χ4n) is 0.631. The van der Waals surface area contributed by atoms with Gasteiger partial charge in [0, 0.05) is 13.6 Å². The standard InChI is InChI=1S/C7H14N2O/c1-4-5-9(3)7(10)6(2)8/h4,6H,1,5,8H2,2-3H3/t6-/m0/s1. The van der Waals surface area contributed by atoms with Crippen LogP contribution >= 0.6 is 0 Å². The molecule has 0 fully saturated rings. The van der Waals surface area contributed by atoms with Crippen LogP contribution in [0.4, 0.5) is 0 Å². The first-order valence-electron chi connectivity index (χ1n) is 3.21. The molecule has 0 saturated carbocycles. The third-order valence-corrected chi connectivity index (χ3v) is 1.17. The van der Waals surface area contributed by atoms with E-state index in [-0.39, 0.29) is 5.91 Å². The molecule has 0 bridgehead atoms. The zero-order valence-electron chi connectivity index (χ0n) is 6.50. The fourth-order valence-corrected chi connectivity index (χ4v) is 0.631. The number of hydrogen-bond donors (Lipinski definition) is 1. The first-order valence-corrected chi connectivity index (χ1v) is 3.21. The minimum atomic E-state index is -0.412. The van der Waals surface area contributed by atoms with Crippen LogP contribution in [0.2, 0.25) is 0 Å². The zero-order valence-corrected chi connectivity index (χ0v) is 6.50. The van der Waals surface area contributed by atoms with Gasteiger partial charge in [-0.1, -0.05) is 6.08 Å². The molecule has 2 N–H and O–H groups in total. The quantitative estimate of drug-likeness (QED) is 0.563. The number of nitrogens with zero attached hydrogens (tertiary/aromatic N) is 1. The molecule has 1 atom stereocenters. The molecular weight excluding hydrogens is 128 g/mol. The Bertz CT molecular complexity index is 132. The van der Waals surface area contributed by atoms with E-state index in [0.717, 1.165) is 0 Å². The molecule has 0 aliphatic heterocycles. The van der Waals surface area contributed by atoms with Gasteiger partial charge in [0.15, 0.2) is 0 Å². The normalized spacial score (nSPS) is 12.3. The highest BCUT2D eigenvalue weighted by Crippen LogP contribution is 1.87. The number of rotatable bonds is 3. The molecule has 0 rings (SSSR count). The number of amides is 1. The first kappa shape index (κ1) is 9.17. The highest BCUT2D eigenvalue weighted by Gasteiger charge is 2.10. The molecule has 58 valence electrons. The van der Waals surface area contributed by atoms with Crippen LogP contribution in [-0.2, 0) is 4.79 Å². The Morgan fingerprint density at radius 1 is 1.90 bits per heavy atom. The molecule has 0 radical (unpaired) electrons. The van der Waals surface area contributed by atoms with Crippen molar-refractivity contribution in [2.45, 2.75) is 13.0 Å². The molecular formula is C7H14N2O. The van der Waals surface area contributed by atoms with Crippen molar-refractivity contribution in [2.75, 3.05) is 13.6 Å². The topological polar surface area (TPSA) is 46.3 Å². The van der Waals surface area contributed by atoms with Crippen LogP contribution in [0.15, 0.2) is 12.7 Å². The second-order valence-corrected chi connectivity index (χ2v) is 2.30. The van der Waals surface area contributed by atoms with E-state index in [1.807, 2.05) is 0 Å². The largest absolute Gasteiger partial charge is 0.341 e. The van der Waals surface area contributed by atoms with Crippen LogP contribution < -0.4 is 5.73 Å². The third kappa shape index (κ3) is 2.64. The minimum absolute atomic E-state index is 0.0556. The maximum absolute atomic E-state index is 11.0. The SMILES string of the molecule is C=CCN(C)C(=O)[C@H](C)N. The Balaban J connectivity index is 3.81. The van der Waals surface area contributed by atoms with Gasteiger partial charge in [0.25, 0.3) is 0 Å². The van der Waals surface area contributed by atoms with E-state index in [0.29, 0.717) is 6.54 Å². The summed E-state index contributed by atoms with van der Waals surface area (Å²) in [4.78, 5) is 12.5. The molecule has 3 heteroatoms. The van der Waals surface area contributed by atoms with Crippen LogP contribution in [0.5, 0.6) is 0 Å². The van der Waals surface area contributed by atoms with Gasteiger partial charge >= 0.3 is 0 Å². The molecule has 0 spiro atoms. The maximum Gasteiger partial charge on any atom is 0.239 e. The highest BCUT2D eigenvalue weighted by atomic mass is 16.2. The molecule has 0 aromatic heterocycles. The van der Waals surface area contributed by atoms with Crippen molar-refractivity contribution in [2.24, 2.45) is 5.73 Å². The molecule has 0 aromatic rings. The molecule has 0 aliphatic carbocycles. The maximum atomic E-state index is 11.0. The van der Waals surface area contributed by atoms with Gasteiger partial charge in [-0.25, -0.2) is 0 Å². The summed E-state index contributed by atoms with van der Waals surface area (Å²) in [6, 6.07) is -0.412. The average molecular weight is 142 g/mol. The van der Waals surface area contributed by atoms with E-state index in [2.05, 4.69) is 6.58 Å². The molecule has 0 saturated heterocycles. The van der Waals surface area contributed by atoms with Crippen molar-refractivity contribution in [1.29, 1.82) is 0 Å². The van der Waals surface area contributed by atoms with Gasteiger partial charge in [0.2, 0.25) is 5.91 Å². The second kappa shape index (κ2) is 4.06. The summed E-state index contributed by atoms with van der Waals surface area (Å²) in [7, 11) is 1.70. The Hall–Kier alpha value is -0.830. The molecule has 0 aliphatic rings. The molecule has 10 heavy (non-hydrogen) atoms. The van der Waals surface area contributed by atoms with Gasteiger partial charge in [0.05, 0.1) is 6.04 Å². The van der Waals surface area contributed by atoms with Crippen LogP contribution in [0.1, 0.15) is 6.92 Å². The van der Waals surface area contributed by atoms with E-state index in [1.165, 1.54) is 4.90 Å². The Morgan fingerprint density at radius 2 is 2.40 bits per heavy atom. The highest BCUT2D eigenvalue weighted by molar-refractivity contribution is 5.80. The fraction of sp³-hybridized carbons (Fsp3) is 0.571. The number of nitrogens with two attached hydrogens (primary N) is 1. The monoisotopic (exact) mass is 142 g/mol. The smallest absolute Gasteiger partial charge is 0.239 e. The minimum Gasteiger partial charge on any atom is -0.341 e. The van der Waals surface area contributed by atoms with Crippen molar-refractivity contribution >= 4 is 5.91 Å². The van der Waals surface area contributed by atoms with Gasteiger partial charge in [0.1, 0.15) is 0 Å². The lowest BCUT2D eigenvalue weighted by Gasteiger charge is -2.16. The second-order valence-electron chi connectivity index (χ2n) is 2.30. The summed E-state index contributed by atoms with van der Waals surface area (Å²) in [6.07, 6.45) is 1.67. The van der Waals surface area contributed by atoms with Crippen LogP contribution in [0.25, 0.3) is 0 Å². The van der Waals surface area contributed by atoms with Crippen molar-refractivity contribution in [3.63, 3.8) is 0 Å².